The first-order chi connectivity index (χ1) is 11.2. The van der Waals surface area contributed by atoms with Gasteiger partial charge in [0.05, 0.1) is 19.3 Å². The zero-order valence-electron chi connectivity index (χ0n) is 12.8. The van der Waals surface area contributed by atoms with Crippen molar-refractivity contribution in [2.75, 3.05) is 25.5 Å². The molecule has 0 saturated heterocycles. The number of thiazole rings is 1. The number of benzene rings is 1. The first-order valence-corrected chi connectivity index (χ1v) is 8.33. The van der Waals surface area contributed by atoms with E-state index >= 15 is 0 Å². The van der Waals surface area contributed by atoms with Crippen LogP contribution >= 0.6 is 11.3 Å². The maximum atomic E-state index is 13.7. The molecule has 2 aromatic rings. The van der Waals surface area contributed by atoms with Crippen molar-refractivity contribution in [1.29, 1.82) is 0 Å². The molecule has 1 aliphatic carbocycles. The molecule has 0 aliphatic heterocycles. The molecule has 1 aliphatic rings. The third kappa shape index (κ3) is 4.27. The minimum atomic E-state index is -0.437. The number of hydrogen-bond donors (Lipinski definition) is 2. The van der Waals surface area contributed by atoms with Gasteiger partial charge in [0.2, 0.25) is 5.91 Å². The van der Waals surface area contributed by atoms with Crippen molar-refractivity contribution in [3.8, 4) is 17.0 Å². The Balaban J connectivity index is 1.58. The number of methoxy groups -OCH3 is 1. The SMILES string of the molecule is COc1ccc(-c2csc(NC(=O)CNCC3CC3)n2)cc1F. The number of halogens is 1. The quantitative estimate of drug-likeness (QED) is 0.817. The topological polar surface area (TPSA) is 63.2 Å². The summed E-state index contributed by atoms with van der Waals surface area (Å²) in [4.78, 5) is 16.1. The van der Waals surface area contributed by atoms with Crippen LogP contribution in [0.2, 0.25) is 0 Å². The van der Waals surface area contributed by atoms with Crippen molar-refractivity contribution in [3.63, 3.8) is 0 Å². The van der Waals surface area contributed by atoms with Gasteiger partial charge in [-0.25, -0.2) is 9.37 Å². The minimum Gasteiger partial charge on any atom is -0.494 e. The number of nitrogens with one attached hydrogen (secondary N) is 2. The highest BCUT2D eigenvalue weighted by Gasteiger charge is 2.20. The van der Waals surface area contributed by atoms with Crippen LogP contribution < -0.4 is 15.4 Å². The van der Waals surface area contributed by atoms with Crippen molar-refractivity contribution < 1.29 is 13.9 Å². The molecule has 0 bridgehead atoms. The fraction of sp³-hybridized carbons (Fsp3) is 0.375. The van der Waals surface area contributed by atoms with Gasteiger partial charge >= 0.3 is 0 Å². The highest BCUT2D eigenvalue weighted by atomic mass is 32.1. The fourth-order valence-electron chi connectivity index (χ4n) is 2.16. The predicted molar refractivity (Wildman–Crippen MR) is 88.3 cm³/mol. The summed E-state index contributed by atoms with van der Waals surface area (Å²) in [6.07, 6.45) is 2.51. The monoisotopic (exact) mass is 335 g/mol. The van der Waals surface area contributed by atoms with E-state index in [0.717, 1.165) is 12.5 Å². The lowest BCUT2D eigenvalue weighted by Gasteiger charge is -2.04. The molecule has 0 radical (unpaired) electrons. The molecule has 3 rings (SSSR count). The molecule has 122 valence electrons. The summed E-state index contributed by atoms with van der Waals surface area (Å²) in [5, 5.41) is 8.17. The van der Waals surface area contributed by atoms with Crippen LogP contribution in [0.15, 0.2) is 23.6 Å². The van der Waals surface area contributed by atoms with Gasteiger partial charge in [0.1, 0.15) is 0 Å². The third-order valence-electron chi connectivity index (χ3n) is 3.61. The Morgan fingerprint density at radius 3 is 3.00 bits per heavy atom. The normalized spacial score (nSPS) is 13.8. The second-order valence-corrected chi connectivity index (χ2v) is 6.37. The Hall–Kier alpha value is -1.99. The van der Waals surface area contributed by atoms with Gasteiger partial charge in [-0.1, -0.05) is 0 Å². The molecule has 1 aromatic carbocycles. The van der Waals surface area contributed by atoms with Crippen LogP contribution in [0.4, 0.5) is 9.52 Å². The number of carbonyl (C=O) groups is 1. The second kappa shape index (κ2) is 7.06. The van der Waals surface area contributed by atoms with Crippen LogP contribution in [-0.4, -0.2) is 31.1 Å². The van der Waals surface area contributed by atoms with E-state index in [1.165, 1.54) is 37.4 Å². The fourth-order valence-corrected chi connectivity index (χ4v) is 2.90. The van der Waals surface area contributed by atoms with Gasteiger partial charge < -0.3 is 15.4 Å². The number of amides is 1. The van der Waals surface area contributed by atoms with Gasteiger partial charge in [0.15, 0.2) is 16.7 Å². The summed E-state index contributed by atoms with van der Waals surface area (Å²) in [6, 6.07) is 4.67. The molecule has 0 unspecified atom stereocenters. The zero-order valence-corrected chi connectivity index (χ0v) is 13.6. The van der Waals surface area contributed by atoms with Crippen LogP contribution in [0.25, 0.3) is 11.3 Å². The van der Waals surface area contributed by atoms with E-state index in [2.05, 4.69) is 15.6 Å². The van der Waals surface area contributed by atoms with E-state index in [1.54, 1.807) is 17.5 Å². The highest BCUT2D eigenvalue weighted by Crippen LogP contribution is 2.28. The van der Waals surface area contributed by atoms with Crippen molar-refractivity contribution in [2.45, 2.75) is 12.8 Å². The van der Waals surface area contributed by atoms with Gasteiger partial charge in [-0.2, -0.15) is 0 Å². The number of hydrogen-bond acceptors (Lipinski definition) is 5. The summed E-state index contributed by atoms with van der Waals surface area (Å²) in [5.41, 5.74) is 1.27. The molecule has 1 fully saturated rings. The molecule has 1 saturated carbocycles. The van der Waals surface area contributed by atoms with Crippen LogP contribution in [0, 0.1) is 11.7 Å². The molecule has 23 heavy (non-hydrogen) atoms. The lowest BCUT2D eigenvalue weighted by molar-refractivity contribution is -0.115. The average molecular weight is 335 g/mol. The van der Waals surface area contributed by atoms with Crippen molar-refractivity contribution in [3.05, 3.63) is 29.4 Å². The Kier molecular flexibility index (Phi) is 4.88. The van der Waals surface area contributed by atoms with Crippen LogP contribution in [0.1, 0.15) is 12.8 Å². The van der Waals surface area contributed by atoms with Gasteiger partial charge in [0, 0.05) is 10.9 Å². The number of aromatic nitrogens is 1. The van der Waals surface area contributed by atoms with E-state index < -0.39 is 5.82 Å². The highest BCUT2D eigenvalue weighted by molar-refractivity contribution is 7.14. The summed E-state index contributed by atoms with van der Waals surface area (Å²) in [7, 11) is 1.42. The third-order valence-corrected chi connectivity index (χ3v) is 4.37. The molecule has 1 aromatic heterocycles. The number of anilines is 1. The summed E-state index contributed by atoms with van der Waals surface area (Å²) >= 11 is 1.32. The van der Waals surface area contributed by atoms with Crippen molar-refractivity contribution >= 4 is 22.4 Å². The van der Waals surface area contributed by atoms with Crippen LogP contribution in [-0.2, 0) is 4.79 Å². The van der Waals surface area contributed by atoms with E-state index in [4.69, 9.17) is 4.74 Å². The molecular formula is C16H18FN3O2S. The lowest BCUT2D eigenvalue weighted by atomic mass is 10.1. The molecule has 1 amide bonds. The molecule has 0 spiro atoms. The molecule has 0 atom stereocenters. The van der Waals surface area contributed by atoms with Crippen LogP contribution in [0.3, 0.4) is 0 Å². The number of rotatable bonds is 7. The number of nitrogens with zero attached hydrogens (tertiary/aromatic N) is 1. The van der Waals surface area contributed by atoms with E-state index in [1.807, 2.05) is 0 Å². The van der Waals surface area contributed by atoms with Crippen LogP contribution in [0.5, 0.6) is 5.75 Å². The molecule has 7 heteroatoms. The minimum absolute atomic E-state index is 0.118. The maximum absolute atomic E-state index is 13.7. The predicted octanol–water partition coefficient (Wildman–Crippen LogP) is 2.90. The molecule has 5 nitrogen and oxygen atoms in total. The largest absolute Gasteiger partial charge is 0.494 e. The standard InChI is InChI=1S/C16H18FN3O2S/c1-22-14-5-4-11(6-12(14)17)13-9-23-16(19-13)20-15(21)8-18-7-10-2-3-10/h4-6,9-10,18H,2-3,7-8H2,1H3,(H,19,20,21). The first kappa shape index (κ1) is 15.9. The first-order valence-electron chi connectivity index (χ1n) is 7.45. The Morgan fingerprint density at radius 2 is 2.30 bits per heavy atom. The number of ether oxygens (including phenoxy) is 1. The Morgan fingerprint density at radius 1 is 1.48 bits per heavy atom. The van der Waals surface area contributed by atoms with Gasteiger partial charge in [-0.15, -0.1) is 11.3 Å². The maximum Gasteiger partial charge on any atom is 0.240 e. The molecule has 2 N–H and O–H groups in total. The Bertz CT molecular complexity index is 700. The summed E-state index contributed by atoms with van der Waals surface area (Å²) in [5.74, 6) is 0.374. The van der Waals surface area contributed by atoms with Crippen molar-refractivity contribution in [2.24, 2.45) is 5.92 Å². The lowest BCUT2D eigenvalue weighted by Crippen LogP contribution is -2.29. The van der Waals surface area contributed by atoms with Gasteiger partial charge in [-0.05, 0) is 43.5 Å². The van der Waals surface area contributed by atoms with E-state index in [0.29, 0.717) is 16.4 Å². The molecular weight excluding hydrogens is 317 g/mol. The van der Waals surface area contributed by atoms with E-state index in [9.17, 15) is 9.18 Å². The molecule has 1 heterocycles. The average Bonchev–Trinajstić information content (AvgIpc) is 3.24. The van der Waals surface area contributed by atoms with E-state index in [-0.39, 0.29) is 18.2 Å². The summed E-state index contributed by atoms with van der Waals surface area (Å²) in [6.45, 7) is 1.17. The summed E-state index contributed by atoms with van der Waals surface area (Å²) < 4.78 is 18.6. The second-order valence-electron chi connectivity index (χ2n) is 5.51. The Labute approximate surface area is 137 Å². The van der Waals surface area contributed by atoms with Gasteiger partial charge in [-0.3, -0.25) is 4.79 Å². The number of carbonyl (C=O) groups excluding carboxylic acids is 1. The van der Waals surface area contributed by atoms with Gasteiger partial charge in [0.25, 0.3) is 0 Å². The van der Waals surface area contributed by atoms with Crippen molar-refractivity contribution in [1.82, 2.24) is 10.3 Å². The zero-order chi connectivity index (χ0) is 16.2. The smallest absolute Gasteiger partial charge is 0.240 e.